The van der Waals surface area contributed by atoms with Crippen LogP contribution in [0.2, 0.25) is 0 Å². The van der Waals surface area contributed by atoms with E-state index < -0.39 is 0 Å². The number of nitrogens with zero attached hydrogens (tertiary/aromatic N) is 1. The molecule has 4 nitrogen and oxygen atoms in total. The predicted octanol–water partition coefficient (Wildman–Crippen LogP) is 2.04. The zero-order valence-electron chi connectivity index (χ0n) is 11.4. The van der Waals surface area contributed by atoms with Crippen LogP contribution < -0.4 is 10.6 Å². The van der Waals surface area contributed by atoms with Crippen LogP contribution in [0.25, 0.3) is 0 Å². The summed E-state index contributed by atoms with van der Waals surface area (Å²) in [5, 5.41) is 6.27. The van der Waals surface area contributed by atoms with E-state index in [4.69, 9.17) is 0 Å². The van der Waals surface area contributed by atoms with Crippen LogP contribution in [0.3, 0.4) is 0 Å². The fourth-order valence-corrected chi connectivity index (χ4v) is 1.67. The van der Waals surface area contributed by atoms with Crippen LogP contribution >= 0.6 is 0 Å². The SMILES string of the molecule is CC(C)NCCCC(=O)N[C@H](C)c1cccnc1. The number of carbonyl (C=O) groups is 1. The third-order valence-electron chi connectivity index (χ3n) is 2.70. The van der Waals surface area contributed by atoms with Gasteiger partial charge in [-0.15, -0.1) is 0 Å². The summed E-state index contributed by atoms with van der Waals surface area (Å²) < 4.78 is 0. The van der Waals surface area contributed by atoms with E-state index in [1.807, 2.05) is 19.1 Å². The van der Waals surface area contributed by atoms with Gasteiger partial charge >= 0.3 is 0 Å². The molecular formula is C14H23N3O. The van der Waals surface area contributed by atoms with Gasteiger partial charge in [-0.1, -0.05) is 19.9 Å². The van der Waals surface area contributed by atoms with Crippen molar-refractivity contribution in [2.24, 2.45) is 0 Å². The van der Waals surface area contributed by atoms with Crippen molar-refractivity contribution in [3.8, 4) is 0 Å². The van der Waals surface area contributed by atoms with E-state index in [-0.39, 0.29) is 11.9 Å². The lowest BCUT2D eigenvalue weighted by Crippen LogP contribution is -2.28. The number of amides is 1. The molecule has 0 spiro atoms. The molecule has 1 amide bonds. The molecule has 18 heavy (non-hydrogen) atoms. The molecule has 0 saturated carbocycles. The third-order valence-corrected chi connectivity index (χ3v) is 2.70. The first-order valence-corrected chi connectivity index (χ1v) is 6.52. The number of hydrogen-bond acceptors (Lipinski definition) is 3. The Morgan fingerprint density at radius 3 is 2.78 bits per heavy atom. The van der Waals surface area contributed by atoms with Gasteiger partial charge in [0.25, 0.3) is 0 Å². The molecule has 0 aliphatic carbocycles. The Kier molecular flexibility index (Phi) is 6.36. The zero-order chi connectivity index (χ0) is 13.4. The lowest BCUT2D eigenvalue weighted by Gasteiger charge is -2.14. The maximum absolute atomic E-state index is 11.7. The average molecular weight is 249 g/mol. The molecule has 0 aliphatic heterocycles. The van der Waals surface area contributed by atoms with Crippen molar-refractivity contribution in [1.29, 1.82) is 0 Å². The summed E-state index contributed by atoms with van der Waals surface area (Å²) in [5.74, 6) is 0.0944. The predicted molar refractivity (Wildman–Crippen MR) is 73.2 cm³/mol. The first-order valence-electron chi connectivity index (χ1n) is 6.52. The Hall–Kier alpha value is -1.42. The van der Waals surface area contributed by atoms with Gasteiger partial charge < -0.3 is 10.6 Å². The van der Waals surface area contributed by atoms with E-state index >= 15 is 0 Å². The lowest BCUT2D eigenvalue weighted by atomic mass is 10.1. The minimum atomic E-state index is 0.0178. The minimum Gasteiger partial charge on any atom is -0.350 e. The van der Waals surface area contributed by atoms with Gasteiger partial charge in [-0.3, -0.25) is 9.78 Å². The molecule has 0 fully saturated rings. The molecular weight excluding hydrogens is 226 g/mol. The van der Waals surface area contributed by atoms with Gasteiger partial charge in [-0.25, -0.2) is 0 Å². The number of hydrogen-bond donors (Lipinski definition) is 2. The van der Waals surface area contributed by atoms with E-state index in [0.717, 1.165) is 18.5 Å². The molecule has 2 N–H and O–H groups in total. The Balaban J connectivity index is 2.24. The van der Waals surface area contributed by atoms with Gasteiger partial charge in [-0.2, -0.15) is 0 Å². The summed E-state index contributed by atoms with van der Waals surface area (Å²) >= 11 is 0. The molecule has 1 rings (SSSR count). The first-order chi connectivity index (χ1) is 8.59. The van der Waals surface area contributed by atoms with Crippen LogP contribution in [-0.4, -0.2) is 23.5 Å². The Labute approximate surface area is 109 Å². The monoisotopic (exact) mass is 249 g/mol. The second-order valence-electron chi connectivity index (χ2n) is 4.79. The van der Waals surface area contributed by atoms with E-state index in [9.17, 15) is 4.79 Å². The number of aromatic nitrogens is 1. The van der Waals surface area contributed by atoms with Crippen molar-refractivity contribution in [1.82, 2.24) is 15.6 Å². The van der Waals surface area contributed by atoms with Gasteiger partial charge in [0, 0.05) is 24.9 Å². The largest absolute Gasteiger partial charge is 0.350 e. The van der Waals surface area contributed by atoms with Crippen LogP contribution in [0.15, 0.2) is 24.5 Å². The normalized spacial score (nSPS) is 12.4. The fourth-order valence-electron chi connectivity index (χ4n) is 1.67. The highest BCUT2D eigenvalue weighted by molar-refractivity contribution is 5.76. The van der Waals surface area contributed by atoms with Gasteiger partial charge in [0.05, 0.1) is 6.04 Å². The molecule has 0 saturated heterocycles. The molecule has 4 heteroatoms. The van der Waals surface area contributed by atoms with E-state index in [0.29, 0.717) is 12.5 Å². The average Bonchev–Trinajstić information content (AvgIpc) is 2.35. The van der Waals surface area contributed by atoms with Gasteiger partial charge in [0.15, 0.2) is 0 Å². The Bertz CT molecular complexity index is 351. The summed E-state index contributed by atoms with van der Waals surface area (Å²) in [6.45, 7) is 7.06. The summed E-state index contributed by atoms with van der Waals surface area (Å²) in [6.07, 6.45) is 4.94. The molecule has 0 bridgehead atoms. The number of carbonyl (C=O) groups excluding carboxylic acids is 1. The molecule has 0 aromatic carbocycles. The summed E-state index contributed by atoms with van der Waals surface area (Å²) in [7, 11) is 0. The number of rotatable bonds is 7. The molecule has 0 aliphatic rings. The maximum atomic E-state index is 11.7. The minimum absolute atomic E-state index is 0.0178. The van der Waals surface area contributed by atoms with Gasteiger partial charge in [0.1, 0.15) is 0 Å². The quantitative estimate of drug-likeness (QED) is 0.727. The number of nitrogens with one attached hydrogen (secondary N) is 2. The molecule has 0 unspecified atom stereocenters. The zero-order valence-corrected chi connectivity index (χ0v) is 11.4. The third kappa shape index (κ3) is 5.77. The standard InChI is InChI=1S/C14H23N3O/c1-11(2)16-9-5-7-14(18)17-12(3)13-6-4-8-15-10-13/h4,6,8,10-12,16H,5,7,9H2,1-3H3,(H,17,18)/t12-/m1/s1. The lowest BCUT2D eigenvalue weighted by molar-refractivity contribution is -0.121. The van der Waals surface area contributed by atoms with Crippen molar-refractivity contribution in [3.63, 3.8) is 0 Å². The molecule has 1 aromatic rings. The van der Waals surface area contributed by atoms with Crippen molar-refractivity contribution in [2.75, 3.05) is 6.54 Å². The molecule has 1 aromatic heterocycles. The van der Waals surface area contributed by atoms with Crippen LogP contribution in [0.4, 0.5) is 0 Å². The van der Waals surface area contributed by atoms with E-state index in [1.54, 1.807) is 12.4 Å². The highest BCUT2D eigenvalue weighted by Gasteiger charge is 2.08. The van der Waals surface area contributed by atoms with Crippen molar-refractivity contribution >= 4 is 5.91 Å². The molecule has 0 radical (unpaired) electrons. The van der Waals surface area contributed by atoms with Crippen molar-refractivity contribution < 1.29 is 4.79 Å². The summed E-state index contributed by atoms with van der Waals surface area (Å²) in [6, 6.07) is 4.34. The molecule has 1 atom stereocenters. The second-order valence-corrected chi connectivity index (χ2v) is 4.79. The van der Waals surface area contributed by atoms with Crippen molar-refractivity contribution in [2.45, 2.75) is 45.7 Å². The Morgan fingerprint density at radius 2 is 2.17 bits per heavy atom. The Morgan fingerprint density at radius 1 is 1.39 bits per heavy atom. The molecule has 1 heterocycles. The topological polar surface area (TPSA) is 54.0 Å². The van der Waals surface area contributed by atoms with E-state index in [2.05, 4.69) is 29.5 Å². The van der Waals surface area contributed by atoms with Crippen LogP contribution in [0.1, 0.15) is 45.2 Å². The summed E-state index contributed by atoms with van der Waals surface area (Å²) in [5.41, 5.74) is 1.03. The summed E-state index contributed by atoms with van der Waals surface area (Å²) in [4.78, 5) is 15.8. The number of pyridine rings is 1. The van der Waals surface area contributed by atoms with Crippen molar-refractivity contribution in [3.05, 3.63) is 30.1 Å². The highest BCUT2D eigenvalue weighted by Crippen LogP contribution is 2.09. The van der Waals surface area contributed by atoms with Crippen LogP contribution in [0.5, 0.6) is 0 Å². The smallest absolute Gasteiger partial charge is 0.220 e. The first kappa shape index (κ1) is 14.6. The van der Waals surface area contributed by atoms with Crippen LogP contribution in [0, 0.1) is 0 Å². The fraction of sp³-hybridized carbons (Fsp3) is 0.571. The second kappa shape index (κ2) is 7.82. The van der Waals surface area contributed by atoms with Gasteiger partial charge in [-0.05, 0) is 31.5 Å². The maximum Gasteiger partial charge on any atom is 0.220 e. The van der Waals surface area contributed by atoms with E-state index in [1.165, 1.54) is 0 Å². The molecule has 100 valence electrons. The van der Waals surface area contributed by atoms with Crippen LogP contribution in [-0.2, 0) is 4.79 Å². The highest BCUT2D eigenvalue weighted by atomic mass is 16.1. The van der Waals surface area contributed by atoms with Gasteiger partial charge in [0.2, 0.25) is 5.91 Å².